The van der Waals surface area contributed by atoms with Gasteiger partial charge in [0.05, 0.1) is 0 Å². The van der Waals surface area contributed by atoms with E-state index in [1.807, 2.05) is 7.05 Å². The summed E-state index contributed by atoms with van der Waals surface area (Å²) >= 11 is 0. The van der Waals surface area contributed by atoms with E-state index in [1.165, 1.54) is 5.57 Å². The summed E-state index contributed by atoms with van der Waals surface area (Å²) in [7, 11) is 4.03. The van der Waals surface area contributed by atoms with Crippen LogP contribution >= 0.6 is 0 Å². The van der Waals surface area contributed by atoms with E-state index in [1.54, 1.807) is 5.57 Å². The van der Waals surface area contributed by atoms with Crippen molar-refractivity contribution in [3.8, 4) is 0 Å². The fourth-order valence-electron chi connectivity index (χ4n) is 1.48. The summed E-state index contributed by atoms with van der Waals surface area (Å²) in [5.74, 6) is 0. The van der Waals surface area contributed by atoms with Crippen molar-refractivity contribution in [2.75, 3.05) is 20.6 Å². The minimum absolute atomic E-state index is 1.07. The molecular weight excluding hydrogens is 184 g/mol. The molecule has 0 spiro atoms. The molecule has 1 N–H and O–H groups in total. The SMILES string of the molecule is CC/C=C\C(C)=C(/CC)CCN(C)NC. The molecule has 0 aliphatic rings. The Bertz CT molecular complexity index is 217. The number of rotatable bonds is 7. The first kappa shape index (κ1) is 14.4. The van der Waals surface area contributed by atoms with Gasteiger partial charge in [-0.3, -0.25) is 5.43 Å². The maximum Gasteiger partial charge on any atom is 0.0165 e. The van der Waals surface area contributed by atoms with Crippen molar-refractivity contribution in [2.24, 2.45) is 0 Å². The van der Waals surface area contributed by atoms with Crippen molar-refractivity contribution in [3.63, 3.8) is 0 Å². The number of hydrogen-bond donors (Lipinski definition) is 1. The molecule has 0 radical (unpaired) electrons. The highest BCUT2D eigenvalue weighted by Crippen LogP contribution is 2.14. The standard InChI is InChI=1S/C13H26N2/c1-6-8-9-12(3)13(7-2)10-11-15(5)14-4/h8-9,14H,6-7,10-11H2,1-5H3/b9-8-,13-12+. The van der Waals surface area contributed by atoms with Gasteiger partial charge in [-0.15, -0.1) is 0 Å². The van der Waals surface area contributed by atoms with Gasteiger partial charge in [-0.25, -0.2) is 5.01 Å². The topological polar surface area (TPSA) is 15.3 Å². The third-order valence-electron chi connectivity index (χ3n) is 2.72. The second-order valence-electron chi connectivity index (χ2n) is 3.85. The molecule has 2 heteroatoms. The zero-order valence-corrected chi connectivity index (χ0v) is 10.9. The third kappa shape index (κ3) is 6.47. The Kier molecular flexibility index (Phi) is 8.34. The molecule has 0 aromatic heterocycles. The lowest BCUT2D eigenvalue weighted by Gasteiger charge is -2.16. The summed E-state index contributed by atoms with van der Waals surface area (Å²) in [6, 6.07) is 0. The Morgan fingerprint density at radius 3 is 2.47 bits per heavy atom. The van der Waals surface area contributed by atoms with Crippen molar-refractivity contribution in [3.05, 3.63) is 23.3 Å². The van der Waals surface area contributed by atoms with Gasteiger partial charge >= 0.3 is 0 Å². The number of allylic oxidation sites excluding steroid dienone is 3. The van der Waals surface area contributed by atoms with E-state index in [4.69, 9.17) is 0 Å². The molecule has 0 saturated heterocycles. The second kappa shape index (κ2) is 8.69. The highest BCUT2D eigenvalue weighted by atomic mass is 15.5. The molecule has 0 bridgehead atoms. The van der Waals surface area contributed by atoms with Crippen molar-refractivity contribution < 1.29 is 0 Å². The molecule has 0 atom stereocenters. The van der Waals surface area contributed by atoms with E-state index in [-0.39, 0.29) is 0 Å². The van der Waals surface area contributed by atoms with Crippen molar-refractivity contribution >= 4 is 0 Å². The van der Waals surface area contributed by atoms with Crippen LogP contribution in [0, 0.1) is 0 Å². The van der Waals surface area contributed by atoms with Crippen LogP contribution in [0.15, 0.2) is 23.3 Å². The number of nitrogens with one attached hydrogen (secondary N) is 1. The van der Waals surface area contributed by atoms with E-state index in [0.29, 0.717) is 0 Å². The van der Waals surface area contributed by atoms with Crippen LogP contribution in [-0.2, 0) is 0 Å². The largest absolute Gasteiger partial charge is 0.259 e. The predicted molar refractivity (Wildman–Crippen MR) is 68.7 cm³/mol. The lowest BCUT2D eigenvalue weighted by atomic mass is 10.0. The first-order chi connectivity index (χ1) is 7.15. The zero-order valence-electron chi connectivity index (χ0n) is 10.9. The average Bonchev–Trinajstić information content (AvgIpc) is 2.26. The fourth-order valence-corrected chi connectivity index (χ4v) is 1.48. The third-order valence-corrected chi connectivity index (χ3v) is 2.72. The molecule has 15 heavy (non-hydrogen) atoms. The molecule has 0 aromatic carbocycles. The monoisotopic (exact) mass is 210 g/mol. The molecule has 0 aliphatic heterocycles. The number of nitrogens with zero attached hydrogens (tertiary/aromatic N) is 1. The molecule has 0 unspecified atom stereocenters. The summed E-state index contributed by atoms with van der Waals surface area (Å²) in [5, 5.41) is 2.12. The highest BCUT2D eigenvalue weighted by molar-refractivity contribution is 5.23. The summed E-state index contributed by atoms with van der Waals surface area (Å²) in [6.45, 7) is 7.68. The molecule has 0 fully saturated rings. The van der Waals surface area contributed by atoms with Crippen molar-refractivity contribution in [1.82, 2.24) is 10.4 Å². The lowest BCUT2D eigenvalue weighted by Crippen LogP contribution is -2.31. The van der Waals surface area contributed by atoms with Gasteiger partial charge in [0, 0.05) is 13.6 Å². The number of hydrazine groups is 1. The van der Waals surface area contributed by atoms with E-state index < -0.39 is 0 Å². The highest BCUT2D eigenvalue weighted by Gasteiger charge is 2.00. The first-order valence-electron chi connectivity index (χ1n) is 5.89. The Labute approximate surface area is 95.0 Å². The Morgan fingerprint density at radius 1 is 1.33 bits per heavy atom. The van der Waals surface area contributed by atoms with E-state index >= 15 is 0 Å². The van der Waals surface area contributed by atoms with Gasteiger partial charge in [0.1, 0.15) is 0 Å². The van der Waals surface area contributed by atoms with Crippen LogP contribution in [0.5, 0.6) is 0 Å². The molecule has 88 valence electrons. The molecular formula is C13H26N2. The summed E-state index contributed by atoms with van der Waals surface area (Å²) in [4.78, 5) is 0. The second-order valence-corrected chi connectivity index (χ2v) is 3.85. The number of hydrogen-bond acceptors (Lipinski definition) is 2. The smallest absolute Gasteiger partial charge is 0.0165 e. The van der Waals surface area contributed by atoms with Crippen LogP contribution in [0.25, 0.3) is 0 Å². The minimum Gasteiger partial charge on any atom is -0.259 e. The molecule has 2 nitrogen and oxygen atoms in total. The first-order valence-corrected chi connectivity index (χ1v) is 5.89. The summed E-state index contributed by atoms with van der Waals surface area (Å²) in [5.41, 5.74) is 6.11. The van der Waals surface area contributed by atoms with Gasteiger partial charge in [-0.1, -0.05) is 37.1 Å². The Morgan fingerprint density at radius 2 is 2.00 bits per heavy atom. The van der Waals surface area contributed by atoms with Crippen LogP contribution in [0.3, 0.4) is 0 Å². The van der Waals surface area contributed by atoms with Crippen LogP contribution in [0.2, 0.25) is 0 Å². The predicted octanol–water partition coefficient (Wildman–Crippen LogP) is 3.14. The molecule has 0 aliphatic carbocycles. The van der Waals surface area contributed by atoms with Crippen LogP contribution in [0.1, 0.15) is 40.0 Å². The molecule has 0 rings (SSSR count). The molecule has 0 saturated carbocycles. The molecule has 0 aromatic rings. The quantitative estimate of drug-likeness (QED) is 0.513. The summed E-state index contributed by atoms with van der Waals surface area (Å²) in [6.07, 6.45) is 7.89. The van der Waals surface area contributed by atoms with Crippen molar-refractivity contribution in [2.45, 2.75) is 40.0 Å². The lowest BCUT2D eigenvalue weighted by molar-refractivity contribution is 0.263. The summed E-state index contributed by atoms with van der Waals surface area (Å²) < 4.78 is 0. The fraction of sp³-hybridized carbons (Fsp3) is 0.692. The van der Waals surface area contributed by atoms with Crippen LogP contribution in [-0.4, -0.2) is 25.6 Å². The van der Waals surface area contributed by atoms with E-state index in [0.717, 1.165) is 25.8 Å². The van der Waals surface area contributed by atoms with E-state index in [2.05, 4.69) is 50.4 Å². The van der Waals surface area contributed by atoms with Gasteiger partial charge in [0.25, 0.3) is 0 Å². The maximum absolute atomic E-state index is 3.12. The normalized spacial score (nSPS) is 13.7. The van der Waals surface area contributed by atoms with Crippen LogP contribution in [0.4, 0.5) is 0 Å². The Hall–Kier alpha value is -0.600. The van der Waals surface area contributed by atoms with Crippen molar-refractivity contribution in [1.29, 1.82) is 0 Å². The van der Waals surface area contributed by atoms with E-state index in [9.17, 15) is 0 Å². The molecule has 0 heterocycles. The van der Waals surface area contributed by atoms with Gasteiger partial charge in [-0.2, -0.15) is 0 Å². The van der Waals surface area contributed by atoms with Gasteiger partial charge < -0.3 is 0 Å². The minimum atomic E-state index is 1.07. The zero-order chi connectivity index (χ0) is 11.7. The van der Waals surface area contributed by atoms with Crippen LogP contribution < -0.4 is 5.43 Å². The molecule has 0 amide bonds. The van der Waals surface area contributed by atoms with Gasteiger partial charge in [0.15, 0.2) is 0 Å². The maximum atomic E-state index is 3.12. The average molecular weight is 210 g/mol. The van der Waals surface area contributed by atoms with Gasteiger partial charge in [0.2, 0.25) is 0 Å². The van der Waals surface area contributed by atoms with Gasteiger partial charge in [-0.05, 0) is 33.2 Å². The Balaban J connectivity index is 4.27.